The average Bonchev–Trinajstić information content (AvgIpc) is 2.65. The lowest BCUT2D eigenvalue weighted by Crippen LogP contribution is -2.44. The zero-order valence-electron chi connectivity index (χ0n) is 15.1. The highest BCUT2D eigenvalue weighted by Gasteiger charge is 2.20. The highest BCUT2D eigenvalue weighted by Crippen LogP contribution is 2.40. The molecule has 0 unspecified atom stereocenters. The summed E-state index contributed by atoms with van der Waals surface area (Å²) < 4.78 is 12.0. The Morgan fingerprint density at radius 3 is 2.42 bits per heavy atom. The average molecular weight is 371 g/mol. The predicted octanol–water partition coefficient (Wildman–Crippen LogP) is 2.53. The molecule has 0 spiro atoms. The Morgan fingerprint density at radius 2 is 1.73 bits per heavy atom. The highest BCUT2D eigenvalue weighted by atomic mass is 32.1. The minimum atomic E-state index is -0.0751. The fraction of sp³-hybridized carbons (Fsp3) is 0.368. The van der Waals surface area contributed by atoms with Crippen molar-refractivity contribution in [3.8, 4) is 22.1 Å². The zero-order chi connectivity index (χ0) is 18.3. The van der Waals surface area contributed by atoms with Gasteiger partial charge in [0.25, 0.3) is 0 Å². The quantitative estimate of drug-likeness (QED) is 0.660. The monoisotopic (exact) mass is 371 g/mol. The smallest absolute Gasteiger partial charge is 0.183 e. The Labute approximate surface area is 155 Å². The van der Waals surface area contributed by atoms with Crippen LogP contribution >= 0.6 is 11.3 Å². The highest BCUT2D eigenvalue weighted by molar-refractivity contribution is 7.21. The molecule has 1 aromatic carbocycles. The molecular formula is C19H21N3O3S. The summed E-state index contributed by atoms with van der Waals surface area (Å²) in [5.74, 6) is 1.23. The number of piperazine rings is 1. The van der Waals surface area contributed by atoms with E-state index in [0.29, 0.717) is 11.4 Å². The molecule has 6 nitrogen and oxygen atoms in total. The van der Waals surface area contributed by atoms with Crippen molar-refractivity contribution in [2.45, 2.75) is 0 Å². The van der Waals surface area contributed by atoms with Crippen molar-refractivity contribution in [3.63, 3.8) is 0 Å². The summed E-state index contributed by atoms with van der Waals surface area (Å²) in [6, 6.07) is 7.28. The molecule has 0 N–H and O–H groups in total. The lowest BCUT2D eigenvalue weighted by Gasteiger charge is -2.34. The lowest BCUT2D eigenvalue weighted by molar-refractivity contribution is 0.312. The van der Waals surface area contributed by atoms with Crippen molar-refractivity contribution in [1.29, 1.82) is 0 Å². The molecule has 0 amide bonds. The molecule has 2 heterocycles. The van der Waals surface area contributed by atoms with Gasteiger partial charge in [-0.25, -0.2) is 4.98 Å². The van der Waals surface area contributed by atoms with Crippen molar-refractivity contribution >= 4 is 27.2 Å². The third kappa shape index (κ3) is 2.97. The number of ether oxygens (including phenoxy) is 2. The van der Waals surface area contributed by atoms with Gasteiger partial charge in [-0.1, -0.05) is 0 Å². The topological polar surface area (TPSA) is 54.9 Å². The molecule has 1 aromatic rings. The number of aromatic nitrogens is 1. The van der Waals surface area contributed by atoms with Gasteiger partial charge in [0.15, 0.2) is 5.43 Å². The van der Waals surface area contributed by atoms with Crippen LogP contribution in [0.3, 0.4) is 0 Å². The lowest BCUT2D eigenvalue weighted by atomic mass is 10.2. The molecule has 4 rings (SSSR count). The maximum absolute atomic E-state index is 11.9. The van der Waals surface area contributed by atoms with Crippen LogP contribution < -0.4 is 19.8 Å². The van der Waals surface area contributed by atoms with Gasteiger partial charge >= 0.3 is 0 Å². The summed E-state index contributed by atoms with van der Waals surface area (Å²) in [4.78, 5) is 22.2. The molecular weight excluding hydrogens is 350 g/mol. The number of hydrogen-bond donors (Lipinski definition) is 0. The second-order valence-corrected chi connectivity index (χ2v) is 7.56. The van der Waals surface area contributed by atoms with E-state index in [9.17, 15) is 4.79 Å². The van der Waals surface area contributed by atoms with Crippen molar-refractivity contribution in [3.05, 3.63) is 34.5 Å². The fourth-order valence-corrected chi connectivity index (χ4v) is 4.37. The Kier molecular flexibility index (Phi) is 4.42. The van der Waals surface area contributed by atoms with Gasteiger partial charge in [0.1, 0.15) is 22.7 Å². The first-order valence-corrected chi connectivity index (χ1v) is 9.35. The number of benzene rings is 2. The summed E-state index contributed by atoms with van der Waals surface area (Å²) in [5.41, 5.74) is 2.54. The molecule has 26 heavy (non-hydrogen) atoms. The van der Waals surface area contributed by atoms with Crippen LogP contribution in [0.2, 0.25) is 0 Å². The second kappa shape index (κ2) is 6.74. The van der Waals surface area contributed by atoms with E-state index in [2.05, 4.69) is 22.9 Å². The first-order chi connectivity index (χ1) is 12.6. The van der Waals surface area contributed by atoms with Gasteiger partial charge in [-0.2, -0.15) is 0 Å². The molecule has 3 aliphatic rings. The number of hydrogen-bond acceptors (Lipinski definition) is 7. The van der Waals surface area contributed by atoms with Crippen LogP contribution in [-0.2, 0) is 0 Å². The first-order valence-electron chi connectivity index (χ1n) is 8.53. The number of fused-ring (bicyclic) bond motifs is 2. The van der Waals surface area contributed by atoms with E-state index in [1.807, 2.05) is 6.07 Å². The van der Waals surface area contributed by atoms with E-state index in [4.69, 9.17) is 14.5 Å². The SMILES string of the molecule is COc1cc(=O)cc2sc3cc(N4CCN(C)CC4)cc(OC)c3nc1-2. The first kappa shape index (κ1) is 17.1. The van der Waals surface area contributed by atoms with Gasteiger partial charge in [-0.15, -0.1) is 11.3 Å². The number of nitrogens with zero attached hydrogens (tertiary/aromatic N) is 3. The zero-order valence-corrected chi connectivity index (χ0v) is 15.9. The summed E-state index contributed by atoms with van der Waals surface area (Å²) in [5, 5.41) is 0. The minimum Gasteiger partial charge on any atom is -0.494 e. The molecule has 1 aliphatic carbocycles. The Balaban J connectivity index is 1.90. The summed E-state index contributed by atoms with van der Waals surface area (Å²) in [7, 11) is 5.36. The van der Waals surface area contributed by atoms with E-state index in [0.717, 1.165) is 52.7 Å². The van der Waals surface area contributed by atoms with Crippen LogP contribution in [0.1, 0.15) is 0 Å². The number of likely N-dealkylation sites (N-methyl/N-ethyl adjacent to an activating group) is 1. The van der Waals surface area contributed by atoms with E-state index < -0.39 is 0 Å². The van der Waals surface area contributed by atoms with Gasteiger partial charge < -0.3 is 19.3 Å². The van der Waals surface area contributed by atoms with Crippen LogP contribution in [0, 0.1) is 0 Å². The molecule has 2 aliphatic heterocycles. The molecule has 0 atom stereocenters. The number of rotatable bonds is 3. The molecule has 0 saturated carbocycles. The Bertz CT molecular complexity index is 980. The number of methoxy groups -OCH3 is 2. The second-order valence-electron chi connectivity index (χ2n) is 6.47. The van der Waals surface area contributed by atoms with Gasteiger partial charge in [0, 0.05) is 50.1 Å². The van der Waals surface area contributed by atoms with Crippen LogP contribution in [-0.4, -0.2) is 57.3 Å². The maximum atomic E-state index is 11.9. The molecule has 136 valence electrons. The van der Waals surface area contributed by atoms with E-state index >= 15 is 0 Å². The third-order valence-corrected chi connectivity index (χ3v) is 5.85. The maximum Gasteiger partial charge on any atom is 0.183 e. The van der Waals surface area contributed by atoms with E-state index in [1.165, 1.54) is 6.07 Å². The normalized spacial score (nSPS) is 15.6. The molecule has 1 fully saturated rings. The standard InChI is InChI=1S/C19H21N3O3S/c1-21-4-6-22(7-5-21)12-8-14(24-2)18-16(9-12)26-17-11-13(23)10-15(25-3)19(17)20-18/h8-11H,4-7H2,1-3H3. The third-order valence-electron chi connectivity index (χ3n) is 4.79. The molecule has 0 radical (unpaired) electrons. The molecule has 1 saturated heterocycles. The molecule has 0 aromatic heterocycles. The van der Waals surface area contributed by atoms with E-state index in [1.54, 1.807) is 31.6 Å². The summed E-state index contributed by atoms with van der Waals surface area (Å²) in [6.45, 7) is 4.04. The van der Waals surface area contributed by atoms with Crippen LogP contribution in [0.4, 0.5) is 5.69 Å². The van der Waals surface area contributed by atoms with Gasteiger partial charge in [0.2, 0.25) is 0 Å². The Hall–Kier alpha value is -2.38. The van der Waals surface area contributed by atoms with Gasteiger partial charge in [-0.05, 0) is 13.1 Å². The molecule has 7 heteroatoms. The van der Waals surface area contributed by atoms with Crippen molar-refractivity contribution in [2.24, 2.45) is 0 Å². The predicted molar refractivity (Wildman–Crippen MR) is 105 cm³/mol. The minimum absolute atomic E-state index is 0.0751. The van der Waals surface area contributed by atoms with Crippen molar-refractivity contribution < 1.29 is 9.47 Å². The van der Waals surface area contributed by atoms with Crippen LogP contribution in [0.15, 0.2) is 29.1 Å². The molecule has 0 bridgehead atoms. The van der Waals surface area contributed by atoms with Gasteiger partial charge in [-0.3, -0.25) is 4.79 Å². The van der Waals surface area contributed by atoms with Crippen LogP contribution in [0.5, 0.6) is 11.5 Å². The van der Waals surface area contributed by atoms with Crippen LogP contribution in [0.25, 0.3) is 20.8 Å². The summed E-state index contributed by atoms with van der Waals surface area (Å²) >= 11 is 1.54. The fourth-order valence-electron chi connectivity index (χ4n) is 3.29. The number of anilines is 1. The van der Waals surface area contributed by atoms with E-state index in [-0.39, 0.29) is 5.43 Å². The Morgan fingerprint density at radius 1 is 1.00 bits per heavy atom. The summed E-state index contributed by atoms with van der Waals surface area (Å²) in [6.07, 6.45) is 0. The van der Waals surface area contributed by atoms with Crippen molar-refractivity contribution in [2.75, 3.05) is 52.3 Å². The van der Waals surface area contributed by atoms with Gasteiger partial charge in [0.05, 0.1) is 23.8 Å². The van der Waals surface area contributed by atoms with Crippen molar-refractivity contribution in [1.82, 2.24) is 9.88 Å². The largest absolute Gasteiger partial charge is 0.494 e.